The molecule has 0 bridgehead atoms. The van der Waals surface area contributed by atoms with E-state index in [1.54, 1.807) is 0 Å². The molecule has 0 aliphatic heterocycles. The third kappa shape index (κ3) is 1.99. The molecule has 4 rings (SSSR count). The highest BCUT2D eigenvalue weighted by Gasteiger charge is 2.29. The fourth-order valence-corrected chi connectivity index (χ4v) is 3.28. The number of para-hydroxylation sites is 1. The van der Waals surface area contributed by atoms with Gasteiger partial charge in [0.15, 0.2) is 5.76 Å². The van der Waals surface area contributed by atoms with Crippen LogP contribution in [0.5, 0.6) is 0 Å². The number of Topliss-reactive ketones (excluding diaryl/α,β-unsaturated/α-hetero) is 1. The van der Waals surface area contributed by atoms with Gasteiger partial charge in [-0.25, -0.2) is 0 Å². The van der Waals surface area contributed by atoms with Gasteiger partial charge in [-0.15, -0.1) is 0 Å². The maximum absolute atomic E-state index is 12.7. The van der Waals surface area contributed by atoms with Gasteiger partial charge in [0.25, 0.3) is 0 Å². The molecule has 0 radical (unpaired) electrons. The van der Waals surface area contributed by atoms with Crippen LogP contribution in [-0.4, -0.2) is 5.78 Å². The molecule has 2 nitrogen and oxygen atoms in total. The fraction of sp³-hybridized carbons (Fsp3) is 0.211. The molecule has 1 aliphatic rings. The van der Waals surface area contributed by atoms with E-state index in [2.05, 4.69) is 12.1 Å². The summed E-state index contributed by atoms with van der Waals surface area (Å²) < 4.78 is 5.82. The Morgan fingerprint density at radius 2 is 1.76 bits per heavy atom. The van der Waals surface area contributed by atoms with Crippen molar-refractivity contribution < 1.29 is 9.21 Å². The van der Waals surface area contributed by atoms with Crippen molar-refractivity contribution in [3.05, 3.63) is 71.0 Å². The average molecular weight is 276 g/mol. The van der Waals surface area contributed by atoms with Crippen LogP contribution in [0.3, 0.4) is 0 Å². The molecular formula is C19H16O2. The maximum atomic E-state index is 12.7. The van der Waals surface area contributed by atoms with E-state index in [0.717, 1.165) is 29.4 Å². The molecule has 0 fully saturated rings. The highest BCUT2D eigenvalue weighted by atomic mass is 16.3. The molecule has 21 heavy (non-hydrogen) atoms. The number of carbonyl (C=O) groups excluding carboxylic acids is 1. The average Bonchev–Trinajstić information content (AvgIpc) is 3.11. The molecule has 0 unspecified atom stereocenters. The minimum atomic E-state index is 0.0169. The number of aryl methyl sites for hydroxylation is 1. The number of furan rings is 1. The van der Waals surface area contributed by atoms with E-state index in [4.69, 9.17) is 4.42 Å². The molecule has 2 aromatic carbocycles. The third-order valence-corrected chi connectivity index (χ3v) is 4.41. The van der Waals surface area contributed by atoms with Gasteiger partial charge in [-0.05, 0) is 42.5 Å². The zero-order chi connectivity index (χ0) is 14.4. The summed E-state index contributed by atoms with van der Waals surface area (Å²) in [5.41, 5.74) is 4.49. The van der Waals surface area contributed by atoms with Crippen LogP contribution in [0.15, 0.2) is 52.9 Å². The normalized spacial score (nSPS) is 14.5. The lowest BCUT2D eigenvalue weighted by Gasteiger charge is -2.04. The van der Waals surface area contributed by atoms with E-state index in [9.17, 15) is 4.79 Å². The van der Waals surface area contributed by atoms with Crippen molar-refractivity contribution in [2.45, 2.75) is 19.8 Å². The molecular weight excluding hydrogens is 260 g/mol. The molecule has 3 aromatic rings. The summed E-state index contributed by atoms with van der Waals surface area (Å²) in [6, 6.07) is 16.2. The first kappa shape index (κ1) is 12.4. The smallest absolute Gasteiger partial charge is 0.201 e. The standard InChI is InChI=1S/C19H16O2/c1-12-5-4-8-15-11-17(21-19(12)15)18(20)16-9-13-6-2-3-7-14(13)10-16/h2-8,11,16H,9-10H2,1H3. The molecule has 2 heteroatoms. The zero-order valence-corrected chi connectivity index (χ0v) is 11.9. The van der Waals surface area contributed by atoms with Crippen molar-refractivity contribution in [3.63, 3.8) is 0 Å². The summed E-state index contributed by atoms with van der Waals surface area (Å²) in [5, 5.41) is 1.01. The Balaban J connectivity index is 1.67. The van der Waals surface area contributed by atoms with Gasteiger partial charge in [0.05, 0.1) is 0 Å². The molecule has 1 aliphatic carbocycles. The van der Waals surface area contributed by atoms with E-state index >= 15 is 0 Å². The van der Waals surface area contributed by atoms with Gasteiger partial charge in [0, 0.05) is 11.3 Å². The molecule has 1 aromatic heterocycles. The Bertz CT molecular complexity index is 817. The molecule has 104 valence electrons. The first-order valence-electron chi connectivity index (χ1n) is 7.32. The molecule has 0 saturated heterocycles. The number of carbonyl (C=O) groups is 1. The summed E-state index contributed by atoms with van der Waals surface area (Å²) in [5.74, 6) is 0.641. The largest absolute Gasteiger partial charge is 0.453 e. The minimum Gasteiger partial charge on any atom is -0.453 e. The van der Waals surface area contributed by atoms with Crippen molar-refractivity contribution >= 4 is 16.8 Å². The topological polar surface area (TPSA) is 30.2 Å². The second kappa shape index (κ2) is 4.59. The lowest BCUT2D eigenvalue weighted by Crippen LogP contribution is -2.14. The summed E-state index contributed by atoms with van der Waals surface area (Å²) >= 11 is 0. The number of benzene rings is 2. The monoisotopic (exact) mass is 276 g/mol. The Hall–Kier alpha value is -2.35. The van der Waals surface area contributed by atoms with E-state index in [-0.39, 0.29) is 11.7 Å². The van der Waals surface area contributed by atoms with E-state index < -0.39 is 0 Å². The molecule has 0 spiro atoms. The number of fused-ring (bicyclic) bond motifs is 2. The van der Waals surface area contributed by atoms with Gasteiger partial charge < -0.3 is 4.42 Å². The fourth-order valence-electron chi connectivity index (χ4n) is 3.28. The summed E-state index contributed by atoms with van der Waals surface area (Å²) in [7, 11) is 0. The van der Waals surface area contributed by atoms with Crippen molar-refractivity contribution in [2.24, 2.45) is 5.92 Å². The summed E-state index contributed by atoms with van der Waals surface area (Å²) in [6.45, 7) is 2.01. The molecule has 0 saturated carbocycles. The van der Waals surface area contributed by atoms with Gasteiger partial charge in [-0.1, -0.05) is 42.5 Å². The van der Waals surface area contributed by atoms with Crippen molar-refractivity contribution in [1.29, 1.82) is 0 Å². The lowest BCUT2D eigenvalue weighted by molar-refractivity contribution is 0.0898. The summed E-state index contributed by atoms with van der Waals surface area (Å²) in [4.78, 5) is 12.7. The Morgan fingerprint density at radius 1 is 1.05 bits per heavy atom. The number of hydrogen-bond acceptors (Lipinski definition) is 2. The van der Waals surface area contributed by atoms with Crippen LogP contribution in [-0.2, 0) is 12.8 Å². The Kier molecular flexibility index (Phi) is 2.71. The second-order valence-corrected chi connectivity index (χ2v) is 5.84. The first-order valence-corrected chi connectivity index (χ1v) is 7.32. The maximum Gasteiger partial charge on any atom is 0.201 e. The lowest BCUT2D eigenvalue weighted by atomic mass is 9.99. The zero-order valence-electron chi connectivity index (χ0n) is 11.9. The molecule has 0 N–H and O–H groups in total. The van der Waals surface area contributed by atoms with Crippen LogP contribution in [0.4, 0.5) is 0 Å². The van der Waals surface area contributed by atoms with Gasteiger partial charge in [0.1, 0.15) is 5.58 Å². The van der Waals surface area contributed by atoms with Crippen molar-refractivity contribution in [2.75, 3.05) is 0 Å². The first-order chi connectivity index (χ1) is 10.2. The number of hydrogen-bond donors (Lipinski definition) is 0. The van der Waals surface area contributed by atoms with Crippen LogP contribution < -0.4 is 0 Å². The third-order valence-electron chi connectivity index (χ3n) is 4.41. The summed E-state index contributed by atoms with van der Waals surface area (Å²) in [6.07, 6.45) is 1.65. The predicted molar refractivity (Wildman–Crippen MR) is 82.6 cm³/mol. The van der Waals surface area contributed by atoms with Gasteiger partial charge in [-0.3, -0.25) is 4.79 Å². The minimum absolute atomic E-state index is 0.0169. The van der Waals surface area contributed by atoms with E-state index in [1.807, 2.05) is 43.3 Å². The van der Waals surface area contributed by atoms with Crippen LogP contribution in [0.1, 0.15) is 27.2 Å². The predicted octanol–water partition coefficient (Wildman–Crippen LogP) is 4.34. The van der Waals surface area contributed by atoms with Crippen LogP contribution in [0.2, 0.25) is 0 Å². The highest BCUT2D eigenvalue weighted by molar-refractivity contribution is 6.00. The van der Waals surface area contributed by atoms with Gasteiger partial charge in [-0.2, -0.15) is 0 Å². The van der Waals surface area contributed by atoms with Crippen molar-refractivity contribution in [3.8, 4) is 0 Å². The van der Waals surface area contributed by atoms with Crippen LogP contribution in [0.25, 0.3) is 11.0 Å². The molecule has 1 heterocycles. The van der Waals surface area contributed by atoms with Crippen LogP contribution >= 0.6 is 0 Å². The quantitative estimate of drug-likeness (QED) is 0.652. The number of ketones is 1. The Morgan fingerprint density at radius 3 is 2.43 bits per heavy atom. The van der Waals surface area contributed by atoms with Gasteiger partial charge >= 0.3 is 0 Å². The number of rotatable bonds is 2. The molecule has 0 amide bonds. The van der Waals surface area contributed by atoms with E-state index in [0.29, 0.717) is 5.76 Å². The van der Waals surface area contributed by atoms with Crippen LogP contribution in [0, 0.1) is 12.8 Å². The Labute approximate surface area is 123 Å². The van der Waals surface area contributed by atoms with E-state index in [1.165, 1.54) is 11.1 Å². The van der Waals surface area contributed by atoms with Gasteiger partial charge in [0.2, 0.25) is 5.78 Å². The van der Waals surface area contributed by atoms with Crippen molar-refractivity contribution in [1.82, 2.24) is 0 Å². The SMILES string of the molecule is Cc1cccc2cc(C(=O)C3Cc4ccccc4C3)oc12. The highest BCUT2D eigenvalue weighted by Crippen LogP contribution is 2.31. The second-order valence-electron chi connectivity index (χ2n) is 5.84. The molecule has 0 atom stereocenters.